The number of benzene rings is 1. The molecular formula is C16H11ClF2N2O4. The molecule has 0 aliphatic carbocycles. The lowest BCUT2D eigenvalue weighted by Crippen LogP contribution is -2.30. The van der Waals surface area contributed by atoms with Crippen molar-refractivity contribution in [1.82, 2.24) is 4.98 Å². The van der Waals surface area contributed by atoms with Crippen LogP contribution in [0.2, 0.25) is 5.02 Å². The maximum Gasteiger partial charge on any atom is 0.358 e. The second-order valence-electron chi connectivity index (χ2n) is 5.08. The second-order valence-corrected chi connectivity index (χ2v) is 5.46. The van der Waals surface area contributed by atoms with Gasteiger partial charge in [-0.3, -0.25) is 9.69 Å². The smallest absolute Gasteiger partial charge is 0.358 e. The maximum absolute atomic E-state index is 14.3. The van der Waals surface area contributed by atoms with Gasteiger partial charge in [-0.05, 0) is 13.0 Å². The monoisotopic (exact) mass is 368 g/mol. The molecule has 1 aliphatic heterocycles. The summed E-state index contributed by atoms with van der Waals surface area (Å²) in [6, 6.07) is 6.03. The van der Waals surface area contributed by atoms with Gasteiger partial charge >= 0.3 is 5.97 Å². The number of anilines is 1. The highest BCUT2D eigenvalue weighted by Gasteiger charge is 2.41. The predicted octanol–water partition coefficient (Wildman–Crippen LogP) is 2.84. The van der Waals surface area contributed by atoms with Crippen LogP contribution in [0, 0.1) is 11.8 Å². The first-order valence-corrected chi connectivity index (χ1v) is 7.58. The summed E-state index contributed by atoms with van der Waals surface area (Å²) in [6.07, 6.45) is -1.59. The van der Waals surface area contributed by atoms with Gasteiger partial charge in [0, 0.05) is 11.1 Å². The predicted molar refractivity (Wildman–Crippen MR) is 83.3 cm³/mol. The highest BCUT2D eigenvalue weighted by molar-refractivity contribution is 6.36. The molecule has 0 fully saturated rings. The molecule has 1 N–H and O–H groups in total. The van der Waals surface area contributed by atoms with Crippen molar-refractivity contribution >= 4 is 29.2 Å². The SMILES string of the molecule is CCOC(=O)c1nc(F)c(F)c(N2C(=O)c3ccccc3C2O)c1Cl. The Bertz CT molecular complexity index is 891. The van der Waals surface area contributed by atoms with Crippen LogP contribution >= 0.6 is 11.6 Å². The molecule has 25 heavy (non-hydrogen) atoms. The fraction of sp³-hybridized carbons (Fsp3) is 0.188. The van der Waals surface area contributed by atoms with Crippen LogP contribution in [0.25, 0.3) is 0 Å². The maximum atomic E-state index is 14.3. The van der Waals surface area contributed by atoms with Crippen LogP contribution in [0.15, 0.2) is 24.3 Å². The molecule has 2 aromatic rings. The molecule has 1 aromatic carbocycles. The third-order valence-corrected chi connectivity index (χ3v) is 4.02. The largest absolute Gasteiger partial charge is 0.461 e. The fourth-order valence-electron chi connectivity index (χ4n) is 2.57. The summed E-state index contributed by atoms with van der Waals surface area (Å²) in [5, 5.41) is 9.73. The number of fused-ring (bicyclic) bond motifs is 1. The van der Waals surface area contributed by atoms with E-state index in [0.717, 1.165) is 0 Å². The number of aliphatic hydroxyl groups excluding tert-OH is 1. The molecular weight excluding hydrogens is 358 g/mol. The van der Waals surface area contributed by atoms with Crippen LogP contribution in [-0.4, -0.2) is 28.6 Å². The zero-order valence-electron chi connectivity index (χ0n) is 12.8. The van der Waals surface area contributed by atoms with Gasteiger partial charge < -0.3 is 9.84 Å². The van der Waals surface area contributed by atoms with E-state index in [1.54, 1.807) is 12.1 Å². The topological polar surface area (TPSA) is 79.7 Å². The van der Waals surface area contributed by atoms with Gasteiger partial charge in [0.1, 0.15) is 10.7 Å². The number of nitrogens with zero attached hydrogens (tertiary/aromatic N) is 2. The van der Waals surface area contributed by atoms with Crippen LogP contribution < -0.4 is 4.90 Å². The summed E-state index contributed by atoms with van der Waals surface area (Å²) in [7, 11) is 0. The molecule has 0 saturated heterocycles. The van der Waals surface area contributed by atoms with Gasteiger partial charge in [-0.1, -0.05) is 29.8 Å². The Hall–Kier alpha value is -2.58. The van der Waals surface area contributed by atoms with Gasteiger partial charge in [-0.2, -0.15) is 8.78 Å². The third-order valence-electron chi connectivity index (χ3n) is 3.66. The Morgan fingerprint density at radius 3 is 2.72 bits per heavy atom. The minimum atomic E-state index is -1.64. The van der Waals surface area contributed by atoms with Crippen molar-refractivity contribution in [3.05, 3.63) is 57.9 Å². The van der Waals surface area contributed by atoms with E-state index in [9.17, 15) is 23.5 Å². The molecule has 130 valence electrons. The van der Waals surface area contributed by atoms with Gasteiger partial charge in [0.05, 0.1) is 6.61 Å². The van der Waals surface area contributed by atoms with Gasteiger partial charge in [-0.15, -0.1) is 0 Å². The highest BCUT2D eigenvalue weighted by Crippen LogP contribution is 2.41. The van der Waals surface area contributed by atoms with E-state index < -0.39 is 46.3 Å². The van der Waals surface area contributed by atoms with E-state index >= 15 is 0 Å². The molecule has 1 amide bonds. The molecule has 0 bridgehead atoms. The molecule has 6 nitrogen and oxygen atoms in total. The third kappa shape index (κ3) is 2.63. The van der Waals surface area contributed by atoms with Crippen molar-refractivity contribution in [2.75, 3.05) is 11.5 Å². The number of hydrogen-bond acceptors (Lipinski definition) is 5. The summed E-state index contributed by atoms with van der Waals surface area (Å²) in [4.78, 5) is 28.1. The normalized spacial score (nSPS) is 16.1. The van der Waals surface area contributed by atoms with Crippen molar-refractivity contribution in [3.8, 4) is 0 Å². The van der Waals surface area contributed by atoms with Gasteiger partial charge in [0.25, 0.3) is 11.9 Å². The minimum Gasteiger partial charge on any atom is -0.461 e. The number of halogens is 3. The second kappa shape index (κ2) is 6.38. The quantitative estimate of drug-likeness (QED) is 0.665. The van der Waals surface area contributed by atoms with Gasteiger partial charge in [0.2, 0.25) is 5.82 Å². The Kier molecular flexibility index (Phi) is 4.40. The lowest BCUT2D eigenvalue weighted by molar-refractivity contribution is 0.0517. The number of aliphatic hydroxyl groups is 1. The molecule has 9 heteroatoms. The van der Waals surface area contributed by atoms with E-state index in [4.69, 9.17) is 16.3 Å². The van der Waals surface area contributed by atoms with Gasteiger partial charge in [-0.25, -0.2) is 9.78 Å². The molecule has 1 aliphatic rings. The molecule has 1 atom stereocenters. The number of rotatable bonds is 3. The number of carbonyl (C=O) groups is 2. The standard InChI is InChI=1S/C16H11ClF2N2O4/c1-2-25-16(24)11-9(17)12(10(18)13(19)20-11)21-14(22)7-5-3-4-6-8(7)15(21)23/h3-6,14,22H,2H2,1H3. The Morgan fingerprint density at radius 2 is 2.08 bits per heavy atom. The number of aromatic nitrogens is 1. The number of pyridine rings is 1. The van der Waals surface area contributed by atoms with Crippen molar-refractivity contribution in [2.45, 2.75) is 13.2 Å². The zero-order valence-corrected chi connectivity index (χ0v) is 13.6. The van der Waals surface area contributed by atoms with Crippen LogP contribution in [0.5, 0.6) is 0 Å². The lowest BCUT2D eigenvalue weighted by atomic mass is 10.1. The highest BCUT2D eigenvalue weighted by atomic mass is 35.5. The summed E-state index contributed by atoms with van der Waals surface area (Å²) >= 11 is 6.00. The lowest BCUT2D eigenvalue weighted by Gasteiger charge is -2.23. The fourth-order valence-corrected chi connectivity index (χ4v) is 2.86. The summed E-state index contributed by atoms with van der Waals surface area (Å²) in [5.74, 6) is -5.06. The van der Waals surface area contributed by atoms with Crippen LogP contribution in [0.3, 0.4) is 0 Å². The van der Waals surface area contributed by atoms with E-state index in [1.165, 1.54) is 19.1 Å². The average Bonchev–Trinajstić information content (AvgIpc) is 2.84. The van der Waals surface area contributed by atoms with Crippen molar-refractivity contribution < 1.29 is 28.2 Å². The van der Waals surface area contributed by atoms with Crippen molar-refractivity contribution in [1.29, 1.82) is 0 Å². The average molecular weight is 369 g/mol. The molecule has 2 heterocycles. The van der Waals surface area contributed by atoms with E-state index in [-0.39, 0.29) is 17.7 Å². The molecule has 0 saturated carbocycles. The first-order valence-electron chi connectivity index (χ1n) is 7.20. The number of carbonyl (C=O) groups excluding carboxylic acids is 2. The Balaban J connectivity index is 2.18. The molecule has 0 spiro atoms. The molecule has 1 aromatic heterocycles. The molecule has 3 rings (SSSR count). The summed E-state index contributed by atoms with van der Waals surface area (Å²) < 4.78 is 32.9. The van der Waals surface area contributed by atoms with E-state index in [2.05, 4.69) is 4.98 Å². The summed E-state index contributed by atoms with van der Waals surface area (Å²) in [6.45, 7) is 1.47. The van der Waals surface area contributed by atoms with E-state index in [0.29, 0.717) is 4.90 Å². The first-order chi connectivity index (χ1) is 11.9. The molecule has 0 radical (unpaired) electrons. The van der Waals surface area contributed by atoms with Crippen LogP contribution in [0.1, 0.15) is 39.6 Å². The number of esters is 1. The van der Waals surface area contributed by atoms with Gasteiger partial charge in [0.15, 0.2) is 11.9 Å². The molecule has 1 unspecified atom stereocenters. The van der Waals surface area contributed by atoms with E-state index in [1.807, 2.05) is 0 Å². The van der Waals surface area contributed by atoms with Crippen LogP contribution in [0.4, 0.5) is 14.5 Å². The Morgan fingerprint density at radius 1 is 1.40 bits per heavy atom. The Labute approximate surface area is 145 Å². The van der Waals surface area contributed by atoms with Crippen molar-refractivity contribution in [3.63, 3.8) is 0 Å². The van der Waals surface area contributed by atoms with Crippen LogP contribution in [-0.2, 0) is 4.74 Å². The van der Waals surface area contributed by atoms with Crippen molar-refractivity contribution in [2.24, 2.45) is 0 Å². The number of amides is 1. The number of hydrogen-bond donors (Lipinski definition) is 1. The zero-order chi connectivity index (χ0) is 18.3. The summed E-state index contributed by atoms with van der Waals surface area (Å²) in [5.41, 5.74) is -1.14. The minimum absolute atomic E-state index is 0.0398. The first kappa shape index (κ1) is 17.2. The number of ether oxygens (including phenoxy) is 1.